The Hall–Kier alpha value is -3.09. The molecule has 1 aromatic carbocycles. The molecule has 24 heavy (non-hydrogen) atoms. The fourth-order valence-corrected chi connectivity index (χ4v) is 2.14. The minimum absolute atomic E-state index is 0.122. The van der Waals surface area contributed by atoms with Crippen LogP contribution in [0.4, 0.5) is 26.2 Å². The minimum Gasteiger partial charge on any atom is -0.366 e. The molecule has 2 aromatic heterocycles. The number of pyridine rings is 1. The Morgan fingerprint density at radius 2 is 1.71 bits per heavy atom. The summed E-state index contributed by atoms with van der Waals surface area (Å²) in [6.07, 6.45) is 3.41. The molecule has 0 aliphatic rings. The van der Waals surface area contributed by atoms with Gasteiger partial charge in [-0.25, -0.2) is 13.8 Å². The van der Waals surface area contributed by atoms with Crippen LogP contribution in [0, 0.1) is 18.6 Å². The van der Waals surface area contributed by atoms with E-state index in [1.807, 2.05) is 12.1 Å². The summed E-state index contributed by atoms with van der Waals surface area (Å²) in [7, 11) is 0. The highest BCUT2D eigenvalue weighted by atomic mass is 19.1. The van der Waals surface area contributed by atoms with E-state index in [0.717, 1.165) is 5.56 Å². The van der Waals surface area contributed by atoms with Gasteiger partial charge in [-0.3, -0.25) is 4.98 Å². The summed E-state index contributed by atoms with van der Waals surface area (Å²) in [6.45, 7) is 2.33. The lowest BCUT2D eigenvalue weighted by atomic mass is 10.2. The maximum absolute atomic E-state index is 13.7. The van der Waals surface area contributed by atoms with E-state index >= 15 is 0 Å². The third-order valence-corrected chi connectivity index (χ3v) is 3.28. The van der Waals surface area contributed by atoms with Crippen LogP contribution in [-0.4, -0.2) is 15.0 Å². The molecule has 0 amide bonds. The van der Waals surface area contributed by atoms with E-state index in [2.05, 4.69) is 25.6 Å². The van der Waals surface area contributed by atoms with E-state index < -0.39 is 11.6 Å². The molecule has 0 saturated heterocycles. The van der Waals surface area contributed by atoms with Crippen molar-refractivity contribution in [3.05, 3.63) is 71.7 Å². The number of benzene rings is 1. The van der Waals surface area contributed by atoms with Crippen molar-refractivity contribution in [1.82, 2.24) is 15.0 Å². The van der Waals surface area contributed by atoms with Gasteiger partial charge >= 0.3 is 0 Å². The van der Waals surface area contributed by atoms with Gasteiger partial charge in [0.2, 0.25) is 5.95 Å². The smallest absolute Gasteiger partial charge is 0.229 e. The standard InChI is InChI=1S/C17H15F2N5/c1-11-9-15(21-10-12-5-7-20-8-6-12)23-17(22-11)24-16-13(18)3-2-4-14(16)19/h2-9H,10H2,1H3,(H2,21,22,23,24). The predicted octanol–water partition coefficient (Wildman–Crippen LogP) is 3.81. The number of halogens is 2. The molecule has 3 aromatic rings. The maximum atomic E-state index is 13.7. The lowest BCUT2D eigenvalue weighted by molar-refractivity contribution is 0.590. The molecule has 2 heterocycles. The van der Waals surface area contributed by atoms with Crippen LogP contribution in [0.2, 0.25) is 0 Å². The topological polar surface area (TPSA) is 62.7 Å². The van der Waals surface area contributed by atoms with Gasteiger partial charge in [0, 0.05) is 30.7 Å². The molecule has 3 rings (SSSR count). The van der Waals surface area contributed by atoms with Gasteiger partial charge in [0.05, 0.1) is 0 Å². The number of aromatic nitrogens is 3. The van der Waals surface area contributed by atoms with Crippen LogP contribution in [0.25, 0.3) is 0 Å². The summed E-state index contributed by atoms with van der Waals surface area (Å²) in [5.41, 5.74) is 1.43. The Balaban J connectivity index is 1.79. The molecule has 0 bridgehead atoms. The van der Waals surface area contributed by atoms with Gasteiger partial charge in [-0.2, -0.15) is 4.98 Å². The number of anilines is 3. The Labute approximate surface area is 137 Å². The predicted molar refractivity (Wildman–Crippen MR) is 88.0 cm³/mol. The number of hydrogen-bond acceptors (Lipinski definition) is 5. The molecule has 5 nitrogen and oxygen atoms in total. The Morgan fingerprint density at radius 1 is 1.00 bits per heavy atom. The van der Waals surface area contributed by atoms with E-state index in [4.69, 9.17) is 0 Å². The highest BCUT2D eigenvalue weighted by Crippen LogP contribution is 2.22. The lowest BCUT2D eigenvalue weighted by Gasteiger charge is -2.11. The molecule has 0 fully saturated rings. The van der Waals surface area contributed by atoms with Crippen molar-refractivity contribution >= 4 is 17.5 Å². The zero-order valence-electron chi connectivity index (χ0n) is 12.9. The number of rotatable bonds is 5. The molecule has 2 N–H and O–H groups in total. The van der Waals surface area contributed by atoms with Crippen molar-refractivity contribution in [2.24, 2.45) is 0 Å². The summed E-state index contributed by atoms with van der Waals surface area (Å²) in [5.74, 6) is -0.729. The minimum atomic E-state index is -0.702. The van der Waals surface area contributed by atoms with Crippen LogP contribution in [-0.2, 0) is 6.54 Å². The molecule has 122 valence electrons. The van der Waals surface area contributed by atoms with Crippen molar-refractivity contribution in [1.29, 1.82) is 0 Å². The third kappa shape index (κ3) is 3.81. The number of nitrogens with one attached hydrogen (secondary N) is 2. The van der Waals surface area contributed by atoms with E-state index in [-0.39, 0.29) is 11.6 Å². The molecule has 0 radical (unpaired) electrons. The van der Waals surface area contributed by atoms with Gasteiger partial charge in [-0.1, -0.05) is 6.07 Å². The summed E-state index contributed by atoms with van der Waals surface area (Å²) in [4.78, 5) is 12.4. The van der Waals surface area contributed by atoms with Crippen LogP contribution in [0.5, 0.6) is 0 Å². The van der Waals surface area contributed by atoms with E-state index in [1.54, 1.807) is 25.4 Å². The number of para-hydroxylation sites is 1. The second-order valence-corrected chi connectivity index (χ2v) is 5.15. The van der Waals surface area contributed by atoms with Crippen LogP contribution >= 0.6 is 0 Å². The summed E-state index contributed by atoms with van der Waals surface area (Å²) in [5, 5.41) is 5.75. The van der Waals surface area contributed by atoms with Crippen molar-refractivity contribution < 1.29 is 8.78 Å². The monoisotopic (exact) mass is 327 g/mol. The van der Waals surface area contributed by atoms with Gasteiger partial charge in [-0.05, 0) is 36.8 Å². The van der Waals surface area contributed by atoms with E-state index in [0.29, 0.717) is 18.1 Å². The second kappa shape index (κ2) is 6.99. The van der Waals surface area contributed by atoms with Crippen molar-refractivity contribution in [2.75, 3.05) is 10.6 Å². The zero-order chi connectivity index (χ0) is 16.9. The first-order chi connectivity index (χ1) is 11.6. The molecule has 0 atom stereocenters. The number of hydrogen-bond donors (Lipinski definition) is 2. The first kappa shape index (κ1) is 15.8. The molecule has 0 aliphatic heterocycles. The van der Waals surface area contributed by atoms with Gasteiger partial charge in [0.1, 0.15) is 23.1 Å². The lowest BCUT2D eigenvalue weighted by Crippen LogP contribution is -2.07. The van der Waals surface area contributed by atoms with Gasteiger partial charge in [-0.15, -0.1) is 0 Å². The van der Waals surface area contributed by atoms with Crippen molar-refractivity contribution in [2.45, 2.75) is 13.5 Å². The highest BCUT2D eigenvalue weighted by molar-refractivity contribution is 5.56. The normalized spacial score (nSPS) is 10.5. The average molecular weight is 327 g/mol. The van der Waals surface area contributed by atoms with Gasteiger partial charge < -0.3 is 10.6 Å². The summed E-state index contributed by atoms with van der Waals surface area (Å²) < 4.78 is 27.5. The summed E-state index contributed by atoms with van der Waals surface area (Å²) >= 11 is 0. The van der Waals surface area contributed by atoms with Crippen molar-refractivity contribution in [3.8, 4) is 0 Å². The Morgan fingerprint density at radius 3 is 2.42 bits per heavy atom. The Bertz CT molecular complexity index is 819. The molecular weight excluding hydrogens is 312 g/mol. The number of aryl methyl sites for hydroxylation is 1. The van der Waals surface area contributed by atoms with E-state index in [9.17, 15) is 8.78 Å². The summed E-state index contributed by atoms with van der Waals surface area (Å²) in [6, 6.07) is 9.16. The molecular formula is C17H15F2N5. The molecule has 7 heteroatoms. The molecule has 0 aliphatic carbocycles. The first-order valence-corrected chi connectivity index (χ1v) is 7.31. The fraction of sp³-hybridized carbons (Fsp3) is 0.118. The van der Waals surface area contributed by atoms with Crippen LogP contribution in [0.3, 0.4) is 0 Å². The Kier molecular flexibility index (Phi) is 4.60. The van der Waals surface area contributed by atoms with Crippen LogP contribution in [0.1, 0.15) is 11.3 Å². The van der Waals surface area contributed by atoms with Crippen LogP contribution < -0.4 is 10.6 Å². The molecule has 0 spiro atoms. The van der Waals surface area contributed by atoms with E-state index in [1.165, 1.54) is 18.2 Å². The molecule has 0 unspecified atom stereocenters. The maximum Gasteiger partial charge on any atom is 0.229 e. The van der Waals surface area contributed by atoms with Crippen molar-refractivity contribution in [3.63, 3.8) is 0 Å². The molecule has 0 saturated carbocycles. The average Bonchev–Trinajstić information content (AvgIpc) is 2.57. The zero-order valence-corrected chi connectivity index (χ0v) is 12.9. The fourth-order valence-electron chi connectivity index (χ4n) is 2.14. The quantitative estimate of drug-likeness (QED) is 0.746. The number of nitrogens with zero attached hydrogens (tertiary/aromatic N) is 3. The largest absolute Gasteiger partial charge is 0.366 e. The second-order valence-electron chi connectivity index (χ2n) is 5.15. The SMILES string of the molecule is Cc1cc(NCc2ccncc2)nc(Nc2c(F)cccc2F)n1. The first-order valence-electron chi connectivity index (χ1n) is 7.31. The van der Waals surface area contributed by atoms with Crippen LogP contribution in [0.15, 0.2) is 48.8 Å². The highest BCUT2D eigenvalue weighted by Gasteiger charge is 2.11. The van der Waals surface area contributed by atoms with Gasteiger partial charge in [0.15, 0.2) is 0 Å². The third-order valence-electron chi connectivity index (χ3n) is 3.28. The van der Waals surface area contributed by atoms with Gasteiger partial charge in [0.25, 0.3) is 0 Å².